The van der Waals surface area contributed by atoms with Crippen molar-refractivity contribution in [2.75, 3.05) is 59.7 Å². The van der Waals surface area contributed by atoms with Crippen LogP contribution in [-0.4, -0.2) is 131 Å². The molecule has 12 heterocycles. The summed E-state index contributed by atoms with van der Waals surface area (Å²) >= 11 is 0. The average molecular weight is 1060 g/mol. The Balaban J connectivity index is 0.000000165. The van der Waals surface area contributed by atoms with E-state index in [0.29, 0.717) is 59.9 Å². The Kier molecular flexibility index (Phi) is 13.9. The second kappa shape index (κ2) is 21.0. The summed E-state index contributed by atoms with van der Waals surface area (Å²) in [5, 5.41) is 28.7. The van der Waals surface area contributed by atoms with Crippen molar-refractivity contribution in [1.29, 1.82) is 0 Å². The van der Waals surface area contributed by atoms with Crippen LogP contribution in [0.1, 0.15) is 98.4 Å². The molecule has 8 aromatic heterocycles. The summed E-state index contributed by atoms with van der Waals surface area (Å²) in [4.78, 5) is 63.4. The summed E-state index contributed by atoms with van der Waals surface area (Å²) in [5.41, 5.74) is 4.82. The molecule has 78 heavy (non-hydrogen) atoms. The predicted octanol–water partition coefficient (Wildman–Crippen LogP) is 7.72. The number of H-pyrrole nitrogens is 2. The average Bonchev–Trinajstić information content (AvgIpc) is 4.36. The van der Waals surface area contributed by atoms with Crippen molar-refractivity contribution in [3.8, 4) is 11.6 Å². The number of likely N-dealkylation sites (tertiary alicyclic amines) is 2. The zero-order valence-electron chi connectivity index (χ0n) is 44.5. The minimum absolute atomic E-state index is 0.106. The van der Waals surface area contributed by atoms with Crippen LogP contribution < -0.4 is 20.4 Å². The molecule has 0 saturated carbocycles. The standard InChI is InChI=1S/2C27H31FN10O/c2*1-17-12-22(32-23-13-18(2)34-35-23)33-26(31-17)36-9-6-27(7-10-36)8-11-37(25(27)39)19(3)20-4-5-24(29-14-20)38-16-21(28)15-30-38/h2*4-5,12-16,19H,6-11H2,1-3H3,(H2,31,32,33,34,35)/t2*19-/m10/s1. The molecule has 0 aliphatic carbocycles. The van der Waals surface area contributed by atoms with Crippen molar-refractivity contribution >= 4 is 47.0 Å². The maximum absolute atomic E-state index is 13.7. The molecule has 4 fully saturated rings. The predicted molar refractivity (Wildman–Crippen MR) is 287 cm³/mol. The van der Waals surface area contributed by atoms with Crippen LogP contribution in [0.5, 0.6) is 0 Å². The Morgan fingerprint density at radius 1 is 0.526 bits per heavy atom. The van der Waals surface area contributed by atoms with Crippen molar-refractivity contribution in [3.05, 3.63) is 131 Å². The smallest absolute Gasteiger partial charge is 0.229 e. The van der Waals surface area contributed by atoms with E-state index in [2.05, 4.69) is 71.0 Å². The van der Waals surface area contributed by atoms with Gasteiger partial charge in [-0.05, 0) is 103 Å². The SMILES string of the molecule is Cc1cc(Nc2cc(C)[nH]n2)nc(N2CCC3(CC2)CCN([C@@H](C)c2ccc(-n4cc(F)cn4)nc2)C3=O)n1.Cc1cc(Nc2cc(C)[nH]n2)nc(N2CCC3(CC2)CCN([C@H](C)c2ccc(-n4cc(F)cn4)nc2)C3=O)n1. The fourth-order valence-corrected chi connectivity index (χ4v) is 11.1. The number of hydrogen-bond donors (Lipinski definition) is 4. The van der Waals surface area contributed by atoms with Gasteiger partial charge in [0.25, 0.3) is 0 Å². The van der Waals surface area contributed by atoms with Gasteiger partial charge in [-0.1, -0.05) is 12.1 Å². The zero-order chi connectivity index (χ0) is 54.3. The Bertz CT molecular complexity index is 3200. The number of halogens is 2. The quantitative estimate of drug-likeness (QED) is 0.0915. The van der Waals surface area contributed by atoms with E-state index in [9.17, 15) is 18.4 Å². The number of aryl methyl sites for hydroxylation is 4. The highest BCUT2D eigenvalue weighted by molar-refractivity contribution is 5.86. The number of carbonyl (C=O) groups is 2. The Hall–Kier alpha value is -8.70. The number of aromatic amines is 2. The highest BCUT2D eigenvalue weighted by atomic mass is 19.1. The van der Waals surface area contributed by atoms with Gasteiger partial charge < -0.3 is 30.2 Å². The molecule has 0 bridgehead atoms. The Morgan fingerprint density at radius 2 is 0.923 bits per heavy atom. The molecule has 4 N–H and O–H groups in total. The van der Waals surface area contributed by atoms with Crippen LogP contribution >= 0.6 is 0 Å². The summed E-state index contributed by atoms with van der Waals surface area (Å²) in [7, 11) is 0. The topological polar surface area (TPSA) is 241 Å². The molecule has 2 amide bonds. The molecule has 4 aliphatic heterocycles. The number of nitrogens with zero attached hydrogens (tertiary/aromatic N) is 16. The highest BCUT2D eigenvalue weighted by Gasteiger charge is 2.51. The molecule has 404 valence electrons. The lowest BCUT2D eigenvalue weighted by atomic mass is 9.77. The number of nitrogens with one attached hydrogen (secondary N) is 4. The van der Waals surface area contributed by atoms with E-state index < -0.39 is 11.6 Å². The molecule has 0 unspecified atom stereocenters. The van der Waals surface area contributed by atoms with Crippen LogP contribution in [0.15, 0.2) is 85.7 Å². The normalized spacial score (nSPS) is 17.7. The number of anilines is 6. The monoisotopic (exact) mass is 1060 g/mol. The van der Waals surface area contributed by atoms with Gasteiger partial charge in [0.05, 0.1) is 47.7 Å². The number of pyridine rings is 2. The van der Waals surface area contributed by atoms with Gasteiger partial charge in [-0.25, -0.2) is 38.1 Å². The van der Waals surface area contributed by atoms with Crippen molar-refractivity contribution < 1.29 is 18.4 Å². The van der Waals surface area contributed by atoms with Gasteiger partial charge in [0.2, 0.25) is 23.7 Å². The van der Waals surface area contributed by atoms with Gasteiger partial charge in [0, 0.05) is 98.7 Å². The van der Waals surface area contributed by atoms with Gasteiger partial charge in [-0.2, -0.15) is 30.4 Å². The molecular formula is C54H62F2N20O2. The van der Waals surface area contributed by atoms with E-state index in [4.69, 9.17) is 9.97 Å². The number of amides is 2. The molecule has 0 aromatic carbocycles. The van der Waals surface area contributed by atoms with E-state index >= 15 is 0 Å². The second-order valence-corrected chi connectivity index (χ2v) is 21.0. The number of hydrogen-bond acceptors (Lipinski definition) is 16. The van der Waals surface area contributed by atoms with E-state index in [0.717, 1.165) is 111 Å². The zero-order valence-corrected chi connectivity index (χ0v) is 44.5. The van der Waals surface area contributed by atoms with Crippen LogP contribution in [0.2, 0.25) is 0 Å². The second-order valence-electron chi connectivity index (χ2n) is 21.0. The molecule has 2 atom stereocenters. The van der Waals surface area contributed by atoms with Crippen molar-refractivity contribution in [1.82, 2.24) is 79.7 Å². The largest absolute Gasteiger partial charge is 0.341 e. The number of carbonyl (C=O) groups excluding carboxylic acids is 2. The van der Waals surface area contributed by atoms with Gasteiger partial charge in [-0.15, -0.1) is 0 Å². The maximum atomic E-state index is 13.7. The van der Waals surface area contributed by atoms with Crippen LogP contribution in [0, 0.1) is 50.2 Å². The van der Waals surface area contributed by atoms with E-state index in [1.54, 1.807) is 24.5 Å². The number of piperidine rings is 2. The molecule has 2 spiro atoms. The van der Waals surface area contributed by atoms with Crippen LogP contribution in [0.25, 0.3) is 11.6 Å². The summed E-state index contributed by atoms with van der Waals surface area (Å²) in [6.07, 6.45) is 13.1. The Morgan fingerprint density at radius 3 is 1.26 bits per heavy atom. The number of rotatable bonds is 12. The minimum atomic E-state index is -0.414. The molecular weight excluding hydrogens is 999 g/mol. The van der Waals surface area contributed by atoms with E-state index in [-0.39, 0.29) is 34.7 Å². The molecule has 4 saturated heterocycles. The molecule has 8 aromatic rings. The lowest BCUT2D eigenvalue weighted by Crippen LogP contribution is -2.45. The first-order chi connectivity index (χ1) is 37.6. The minimum Gasteiger partial charge on any atom is -0.341 e. The molecule has 22 nitrogen and oxygen atoms in total. The first-order valence-electron chi connectivity index (χ1n) is 26.3. The summed E-state index contributed by atoms with van der Waals surface area (Å²) in [6, 6.07) is 14.9. The Labute approximate surface area is 449 Å². The van der Waals surface area contributed by atoms with Crippen molar-refractivity contribution in [2.45, 2.75) is 92.2 Å². The van der Waals surface area contributed by atoms with Gasteiger partial charge in [-0.3, -0.25) is 19.8 Å². The van der Waals surface area contributed by atoms with Crippen LogP contribution in [0.4, 0.5) is 43.9 Å². The van der Waals surface area contributed by atoms with Crippen LogP contribution in [0.3, 0.4) is 0 Å². The lowest BCUT2D eigenvalue weighted by Gasteiger charge is -2.38. The third-order valence-corrected chi connectivity index (χ3v) is 15.7. The maximum Gasteiger partial charge on any atom is 0.229 e. The van der Waals surface area contributed by atoms with E-state index in [1.807, 2.05) is 87.7 Å². The first-order valence-corrected chi connectivity index (χ1v) is 26.3. The number of aromatic nitrogens is 14. The van der Waals surface area contributed by atoms with Gasteiger partial charge >= 0.3 is 0 Å². The fraction of sp³-hybridized carbons (Fsp3) is 0.407. The summed E-state index contributed by atoms with van der Waals surface area (Å²) < 4.78 is 29.4. The third kappa shape index (κ3) is 10.6. The van der Waals surface area contributed by atoms with Gasteiger partial charge in [0.15, 0.2) is 34.9 Å². The van der Waals surface area contributed by atoms with Crippen LogP contribution in [-0.2, 0) is 9.59 Å². The van der Waals surface area contributed by atoms with Crippen molar-refractivity contribution in [3.63, 3.8) is 0 Å². The summed E-state index contributed by atoms with van der Waals surface area (Å²) in [6.45, 7) is 16.2. The molecule has 4 aliphatic rings. The van der Waals surface area contributed by atoms with E-state index in [1.165, 1.54) is 21.8 Å². The van der Waals surface area contributed by atoms with Gasteiger partial charge in [0.1, 0.15) is 11.6 Å². The third-order valence-electron chi connectivity index (χ3n) is 15.7. The first kappa shape index (κ1) is 51.4. The highest BCUT2D eigenvalue weighted by Crippen LogP contribution is 2.46. The van der Waals surface area contributed by atoms with Crippen molar-refractivity contribution in [2.24, 2.45) is 10.8 Å². The summed E-state index contributed by atoms with van der Waals surface area (Å²) in [5.74, 6) is 4.77. The molecule has 24 heteroatoms. The molecule has 12 rings (SSSR count). The fourth-order valence-electron chi connectivity index (χ4n) is 11.1. The molecule has 0 radical (unpaired) electrons. The lowest BCUT2D eigenvalue weighted by molar-refractivity contribution is -0.139.